The number of benzene rings is 2. The third kappa shape index (κ3) is 5.91. The molecule has 31 heavy (non-hydrogen) atoms. The molecule has 0 saturated carbocycles. The third-order valence-electron chi connectivity index (χ3n) is 4.68. The number of nitrogens with one attached hydrogen (secondary N) is 2. The van der Waals surface area contributed by atoms with Crippen molar-refractivity contribution in [2.24, 2.45) is 11.5 Å². The molecule has 0 spiro atoms. The van der Waals surface area contributed by atoms with E-state index in [4.69, 9.17) is 17.2 Å². The number of rotatable bonds is 8. The molecule has 1 heterocycles. The summed E-state index contributed by atoms with van der Waals surface area (Å²) in [4.78, 5) is 8.87. The largest absolute Gasteiger partial charge is 0.394 e. The third-order valence-corrected chi connectivity index (χ3v) is 4.68. The van der Waals surface area contributed by atoms with Gasteiger partial charge in [0.15, 0.2) is 5.82 Å². The maximum atomic E-state index is 6.13. The number of nitrogens with zero attached hydrogens (tertiary/aromatic N) is 2. The topological polar surface area (TPSA) is 128 Å². The summed E-state index contributed by atoms with van der Waals surface area (Å²) in [6, 6.07) is 12.1. The zero-order valence-corrected chi connectivity index (χ0v) is 17.9. The van der Waals surface area contributed by atoms with Gasteiger partial charge in [0.1, 0.15) is 0 Å². The Labute approximate surface area is 183 Å². The summed E-state index contributed by atoms with van der Waals surface area (Å²) in [5.41, 5.74) is 23.9. The first-order valence-electron chi connectivity index (χ1n) is 10.1. The standard InChI is InChI=1S/C24H29N7/c1-16-13-19(6-4-12-26)14-17(2)22(16)30-23-21(27)15-28-24(31-23)29-20-9-7-18(8-10-20)5-3-11-25/h3-10,13-15H,11-12,25-27H2,1-2H3,(H2,28,29,30,31)/b5-3+,6-4+. The molecule has 2 aromatic carbocycles. The summed E-state index contributed by atoms with van der Waals surface area (Å²) < 4.78 is 0. The van der Waals surface area contributed by atoms with Crippen LogP contribution in [0.25, 0.3) is 12.2 Å². The van der Waals surface area contributed by atoms with Gasteiger partial charge < -0.3 is 27.8 Å². The normalized spacial score (nSPS) is 11.4. The Morgan fingerprint density at radius 2 is 1.48 bits per heavy atom. The lowest BCUT2D eigenvalue weighted by Crippen LogP contribution is -2.06. The Morgan fingerprint density at radius 3 is 2.10 bits per heavy atom. The monoisotopic (exact) mass is 415 g/mol. The molecule has 0 atom stereocenters. The molecule has 8 N–H and O–H groups in total. The lowest BCUT2D eigenvalue weighted by molar-refractivity contribution is 1.16. The van der Waals surface area contributed by atoms with Crippen LogP contribution in [0.15, 0.2) is 54.7 Å². The van der Waals surface area contributed by atoms with Crippen LogP contribution in [0.3, 0.4) is 0 Å². The van der Waals surface area contributed by atoms with Gasteiger partial charge in [0, 0.05) is 24.5 Å². The van der Waals surface area contributed by atoms with Gasteiger partial charge in [0.2, 0.25) is 5.95 Å². The lowest BCUT2D eigenvalue weighted by Gasteiger charge is -2.15. The van der Waals surface area contributed by atoms with E-state index in [1.54, 1.807) is 6.20 Å². The van der Waals surface area contributed by atoms with Crippen LogP contribution < -0.4 is 27.8 Å². The van der Waals surface area contributed by atoms with E-state index in [1.165, 1.54) is 0 Å². The van der Waals surface area contributed by atoms with Crippen LogP contribution in [-0.4, -0.2) is 23.1 Å². The molecule has 7 heteroatoms. The van der Waals surface area contributed by atoms with Crippen LogP contribution in [0.4, 0.5) is 28.8 Å². The highest BCUT2D eigenvalue weighted by atomic mass is 15.2. The van der Waals surface area contributed by atoms with Crippen LogP contribution >= 0.6 is 0 Å². The molecule has 0 aliphatic heterocycles. The molecule has 160 valence electrons. The van der Waals surface area contributed by atoms with Crippen LogP contribution in [0.2, 0.25) is 0 Å². The van der Waals surface area contributed by atoms with Gasteiger partial charge in [0.05, 0.1) is 11.9 Å². The molecule has 3 rings (SSSR count). The summed E-state index contributed by atoms with van der Waals surface area (Å²) in [7, 11) is 0. The molecule has 7 nitrogen and oxygen atoms in total. The number of nitrogens with two attached hydrogens (primary N) is 3. The Balaban J connectivity index is 1.80. The summed E-state index contributed by atoms with van der Waals surface area (Å²) in [5, 5.41) is 6.58. The van der Waals surface area contributed by atoms with E-state index in [9.17, 15) is 0 Å². The fourth-order valence-corrected chi connectivity index (χ4v) is 3.18. The highest BCUT2D eigenvalue weighted by Gasteiger charge is 2.10. The molecule has 3 aromatic rings. The molecule has 1 aromatic heterocycles. The van der Waals surface area contributed by atoms with Crippen molar-refractivity contribution >= 4 is 41.0 Å². The van der Waals surface area contributed by atoms with Gasteiger partial charge in [-0.1, -0.05) is 36.4 Å². The molecule has 0 amide bonds. The maximum absolute atomic E-state index is 6.13. The highest BCUT2D eigenvalue weighted by molar-refractivity contribution is 5.74. The van der Waals surface area contributed by atoms with Gasteiger partial charge in [-0.05, 0) is 60.4 Å². The minimum absolute atomic E-state index is 0.458. The Kier molecular flexibility index (Phi) is 7.37. The number of aryl methyl sites for hydroxylation is 2. The second-order valence-electron chi connectivity index (χ2n) is 7.18. The van der Waals surface area contributed by atoms with Gasteiger partial charge >= 0.3 is 0 Å². The molecule has 0 unspecified atom stereocenters. The smallest absolute Gasteiger partial charge is 0.229 e. The average Bonchev–Trinajstić information content (AvgIpc) is 2.76. The predicted molar refractivity (Wildman–Crippen MR) is 132 cm³/mol. The maximum Gasteiger partial charge on any atom is 0.229 e. The number of aromatic nitrogens is 2. The van der Waals surface area contributed by atoms with Gasteiger partial charge in [-0.2, -0.15) is 4.98 Å². The van der Waals surface area contributed by atoms with E-state index in [-0.39, 0.29) is 0 Å². The fraction of sp³-hybridized carbons (Fsp3) is 0.167. The van der Waals surface area contributed by atoms with Crippen molar-refractivity contribution < 1.29 is 0 Å². The van der Waals surface area contributed by atoms with E-state index in [1.807, 2.05) is 62.4 Å². The predicted octanol–water partition coefficient (Wildman–Crippen LogP) is 4.11. The lowest BCUT2D eigenvalue weighted by atomic mass is 10.0. The molecule has 0 aliphatic carbocycles. The summed E-state index contributed by atoms with van der Waals surface area (Å²) in [6.07, 6.45) is 9.44. The van der Waals surface area contributed by atoms with Gasteiger partial charge in [-0.25, -0.2) is 4.98 Å². The van der Waals surface area contributed by atoms with Crippen molar-refractivity contribution in [1.29, 1.82) is 0 Å². The highest BCUT2D eigenvalue weighted by Crippen LogP contribution is 2.29. The zero-order chi connectivity index (χ0) is 22.2. The number of nitrogen functional groups attached to an aromatic ring is 1. The first kappa shape index (κ1) is 22.0. The summed E-state index contributed by atoms with van der Waals surface area (Å²) >= 11 is 0. The molecule has 0 bridgehead atoms. The average molecular weight is 416 g/mol. The van der Waals surface area contributed by atoms with E-state index in [0.717, 1.165) is 33.6 Å². The van der Waals surface area contributed by atoms with E-state index in [2.05, 4.69) is 32.7 Å². The number of hydrogen-bond acceptors (Lipinski definition) is 7. The van der Waals surface area contributed by atoms with Crippen LogP contribution in [0.5, 0.6) is 0 Å². The minimum Gasteiger partial charge on any atom is -0.394 e. The summed E-state index contributed by atoms with van der Waals surface area (Å²) in [5.74, 6) is 1.01. The first-order valence-corrected chi connectivity index (χ1v) is 10.1. The van der Waals surface area contributed by atoms with E-state index >= 15 is 0 Å². The van der Waals surface area contributed by atoms with E-state index in [0.29, 0.717) is 30.5 Å². The Morgan fingerprint density at radius 1 is 0.871 bits per heavy atom. The molecule has 0 saturated heterocycles. The Bertz CT molecular complexity index is 1060. The molecule has 0 radical (unpaired) electrons. The minimum atomic E-state index is 0.458. The van der Waals surface area contributed by atoms with Crippen molar-refractivity contribution in [3.05, 3.63) is 77.0 Å². The molecule has 0 aliphatic rings. The molecular formula is C24H29N7. The second-order valence-corrected chi connectivity index (χ2v) is 7.18. The first-order chi connectivity index (χ1) is 15.0. The quantitative estimate of drug-likeness (QED) is 0.374. The number of anilines is 5. The van der Waals surface area contributed by atoms with E-state index < -0.39 is 0 Å². The second kappa shape index (κ2) is 10.4. The zero-order valence-electron chi connectivity index (χ0n) is 17.9. The van der Waals surface area contributed by atoms with Gasteiger partial charge in [0.25, 0.3) is 0 Å². The Hall–Kier alpha value is -3.68. The SMILES string of the molecule is Cc1cc(/C=C/CN)cc(C)c1Nc1nc(Nc2ccc(/C=C/CN)cc2)ncc1N. The van der Waals surface area contributed by atoms with Crippen molar-refractivity contribution in [3.8, 4) is 0 Å². The van der Waals surface area contributed by atoms with Crippen LogP contribution in [0, 0.1) is 13.8 Å². The van der Waals surface area contributed by atoms with Crippen molar-refractivity contribution in [3.63, 3.8) is 0 Å². The summed E-state index contributed by atoms with van der Waals surface area (Å²) in [6.45, 7) is 5.12. The molecule has 0 fully saturated rings. The fourth-order valence-electron chi connectivity index (χ4n) is 3.18. The van der Waals surface area contributed by atoms with Gasteiger partial charge in [-0.3, -0.25) is 0 Å². The van der Waals surface area contributed by atoms with Crippen molar-refractivity contribution in [1.82, 2.24) is 9.97 Å². The van der Waals surface area contributed by atoms with Gasteiger partial charge in [-0.15, -0.1) is 0 Å². The van der Waals surface area contributed by atoms with Crippen molar-refractivity contribution in [2.75, 3.05) is 29.5 Å². The van der Waals surface area contributed by atoms with Crippen LogP contribution in [-0.2, 0) is 0 Å². The molecular weight excluding hydrogens is 386 g/mol. The van der Waals surface area contributed by atoms with Crippen LogP contribution in [0.1, 0.15) is 22.3 Å². The number of hydrogen-bond donors (Lipinski definition) is 5. The van der Waals surface area contributed by atoms with Crippen molar-refractivity contribution in [2.45, 2.75) is 13.8 Å².